The summed E-state index contributed by atoms with van der Waals surface area (Å²) >= 11 is 1.60. The Bertz CT molecular complexity index is 452. The van der Waals surface area contributed by atoms with E-state index in [0.29, 0.717) is 6.54 Å². The first-order valence-electron chi connectivity index (χ1n) is 5.70. The Hall–Kier alpha value is -0.460. The minimum absolute atomic E-state index is 0.107. The Morgan fingerprint density at radius 1 is 1.41 bits per heavy atom. The number of hydrogen-bond donors (Lipinski definition) is 1. The fourth-order valence-corrected chi connectivity index (χ4v) is 3.01. The summed E-state index contributed by atoms with van der Waals surface area (Å²) in [5.74, 6) is 0.180. The average molecular weight is 276 g/mol. The number of sulfone groups is 1. The zero-order valence-electron chi connectivity index (χ0n) is 10.7. The lowest BCUT2D eigenvalue weighted by atomic mass is 10.3. The number of nitrogens with zero attached hydrogens (tertiary/aromatic N) is 1. The molecular formula is C11H20N2O2S2. The zero-order chi connectivity index (χ0) is 13.1. The molecular weight excluding hydrogens is 256 g/mol. The minimum Gasteiger partial charge on any atom is -0.307 e. The van der Waals surface area contributed by atoms with E-state index < -0.39 is 9.84 Å². The molecule has 0 saturated carbocycles. The summed E-state index contributed by atoms with van der Waals surface area (Å²) in [5, 5.41) is 5.89. The minimum atomic E-state index is -2.95. The van der Waals surface area contributed by atoms with Gasteiger partial charge in [0, 0.05) is 17.6 Å². The molecule has 0 spiro atoms. The van der Waals surface area contributed by atoms with Crippen LogP contribution in [0.25, 0.3) is 0 Å². The second-order valence-electron chi connectivity index (χ2n) is 4.42. The fraction of sp³-hybridized carbons (Fsp3) is 0.727. The molecule has 1 rings (SSSR count). The molecule has 0 aliphatic carbocycles. The lowest BCUT2D eigenvalue weighted by Crippen LogP contribution is -2.28. The molecule has 1 atom stereocenters. The van der Waals surface area contributed by atoms with E-state index in [1.807, 2.05) is 19.2 Å². The van der Waals surface area contributed by atoms with Crippen molar-refractivity contribution < 1.29 is 8.42 Å². The van der Waals surface area contributed by atoms with Crippen LogP contribution in [-0.2, 0) is 9.84 Å². The van der Waals surface area contributed by atoms with Crippen molar-refractivity contribution in [1.82, 2.24) is 10.3 Å². The van der Waals surface area contributed by atoms with E-state index in [1.54, 1.807) is 25.2 Å². The molecule has 1 N–H and O–H groups in total. The second-order valence-corrected chi connectivity index (χ2v) is 7.99. The van der Waals surface area contributed by atoms with Crippen LogP contribution >= 0.6 is 11.3 Å². The number of hydrogen-bond acceptors (Lipinski definition) is 5. The van der Waals surface area contributed by atoms with Gasteiger partial charge in [-0.2, -0.15) is 0 Å². The van der Waals surface area contributed by atoms with Gasteiger partial charge in [0.1, 0.15) is 5.01 Å². The van der Waals surface area contributed by atoms with Crippen molar-refractivity contribution in [3.05, 3.63) is 16.1 Å². The predicted molar refractivity (Wildman–Crippen MR) is 72.2 cm³/mol. The molecule has 0 aromatic carbocycles. The van der Waals surface area contributed by atoms with Crippen molar-refractivity contribution in [3.8, 4) is 0 Å². The summed E-state index contributed by atoms with van der Waals surface area (Å²) < 4.78 is 23.2. The molecule has 0 bridgehead atoms. The molecule has 0 aliphatic heterocycles. The molecule has 6 heteroatoms. The zero-order valence-corrected chi connectivity index (χ0v) is 12.4. The predicted octanol–water partition coefficient (Wildman–Crippen LogP) is 1.93. The normalized spacial score (nSPS) is 14.2. The molecule has 98 valence electrons. The lowest BCUT2D eigenvalue weighted by molar-refractivity contribution is 0.565. The molecule has 0 radical (unpaired) electrons. The van der Waals surface area contributed by atoms with Crippen LogP contribution in [0.4, 0.5) is 0 Å². The largest absolute Gasteiger partial charge is 0.307 e. The van der Waals surface area contributed by atoms with Gasteiger partial charge >= 0.3 is 0 Å². The van der Waals surface area contributed by atoms with E-state index in [2.05, 4.69) is 10.3 Å². The third kappa shape index (κ3) is 4.37. The molecule has 1 unspecified atom stereocenters. The highest BCUT2D eigenvalue weighted by atomic mass is 32.2. The summed E-state index contributed by atoms with van der Waals surface area (Å²) in [4.78, 5) is 4.37. The van der Waals surface area contributed by atoms with Gasteiger partial charge in [-0.1, -0.05) is 0 Å². The highest BCUT2D eigenvalue weighted by Gasteiger charge is 2.16. The second kappa shape index (κ2) is 5.93. The van der Waals surface area contributed by atoms with Crippen molar-refractivity contribution >= 4 is 21.2 Å². The monoisotopic (exact) mass is 276 g/mol. The summed E-state index contributed by atoms with van der Waals surface area (Å²) in [6.07, 6.45) is 0. The van der Waals surface area contributed by atoms with Crippen LogP contribution in [0, 0.1) is 6.92 Å². The smallest absolute Gasteiger partial charge is 0.153 e. The van der Waals surface area contributed by atoms with Gasteiger partial charge in [0.15, 0.2) is 9.84 Å². The molecule has 1 heterocycles. The summed E-state index contributed by atoms with van der Waals surface area (Å²) in [6.45, 7) is 7.85. The fourth-order valence-electron chi connectivity index (χ4n) is 1.31. The maximum atomic E-state index is 11.6. The van der Waals surface area contributed by atoms with Gasteiger partial charge in [-0.05, 0) is 27.7 Å². The van der Waals surface area contributed by atoms with E-state index in [4.69, 9.17) is 0 Å². The Balaban J connectivity index is 2.42. The van der Waals surface area contributed by atoms with Crippen LogP contribution in [0.2, 0.25) is 0 Å². The third-order valence-corrected chi connectivity index (χ3v) is 5.92. The van der Waals surface area contributed by atoms with Crippen LogP contribution in [-0.4, -0.2) is 30.9 Å². The first-order chi connectivity index (χ1) is 7.83. The Labute approximate surface area is 107 Å². The number of nitrogens with one attached hydrogen (secondary N) is 1. The van der Waals surface area contributed by atoms with Gasteiger partial charge in [-0.3, -0.25) is 0 Å². The number of aromatic nitrogens is 1. The van der Waals surface area contributed by atoms with Gasteiger partial charge in [-0.15, -0.1) is 11.3 Å². The van der Waals surface area contributed by atoms with Gasteiger partial charge in [-0.25, -0.2) is 13.4 Å². The maximum Gasteiger partial charge on any atom is 0.153 e. The Morgan fingerprint density at radius 2 is 2.06 bits per heavy atom. The van der Waals surface area contributed by atoms with Crippen LogP contribution in [0.3, 0.4) is 0 Å². The lowest BCUT2D eigenvalue weighted by Gasteiger charge is -2.12. The van der Waals surface area contributed by atoms with Gasteiger partial charge in [0.05, 0.1) is 17.0 Å². The number of rotatable bonds is 6. The van der Waals surface area contributed by atoms with Gasteiger partial charge < -0.3 is 5.32 Å². The topological polar surface area (TPSA) is 59.1 Å². The first-order valence-corrected chi connectivity index (χ1v) is 8.29. The van der Waals surface area contributed by atoms with Gasteiger partial charge in [0.2, 0.25) is 0 Å². The third-order valence-electron chi connectivity index (χ3n) is 2.56. The molecule has 0 saturated heterocycles. The quantitative estimate of drug-likeness (QED) is 0.862. The summed E-state index contributed by atoms with van der Waals surface area (Å²) in [7, 11) is -2.95. The Kier molecular flexibility index (Phi) is 5.09. The Morgan fingerprint density at radius 3 is 2.53 bits per heavy atom. The van der Waals surface area contributed by atoms with E-state index in [-0.39, 0.29) is 17.0 Å². The first kappa shape index (κ1) is 14.6. The molecule has 0 aliphatic rings. The molecule has 4 nitrogen and oxygen atoms in total. The number of thiazole rings is 1. The van der Waals surface area contributed by atoms with Crippen molar-refractivity contribution in [1.29, 1.82) is 0 Å². The van der Waals surface area contributed by atoms with E-state index in [0.717, 1.165) is 10.7 Å². The van der Waals surface area contributed by atoms with Crippen molar-refractivity contribution in [2.75, 3.05) is 12.3 Å². The summed E-state index contributed by atoms with van der Waals surface area (Å²) in [5.41, 5.74) is 1.01. The molecule has 0 amide bonds. The van der Waals surface area contributed by atoms with Crippen LogP contribution < -0.4 is 5.32 Å². The van der Waals surface area contributed by atoms with E-state index >= 15 is 0 Å². The average Bonchev–Trinajstić information content (AvgIpc) is 2.64. The highest BCUT2D eigenvalue weighted by molar-refractivity contribution is 7.92. The highest BCUT2D eigenvalue weighted by Crippen LogP contribution is 2.17. The maximum absolute atomic E-state index is 11.6. The van der Waals surface area contributed by atoms with Crippen molar-refractivity contribution in [2.24, 2.45) is 0 Å². The van der Waals surface area contributed by atoms with Crippen molar-refractivity contribution in [2.45, 2.75) is 39.0 Å². The standard InChI is InChI=1S/C11H20N2O2S2/c1-8(2)17(14,15)6-5-12-10(4)11-13-9(3)7-16-11/h7-8,10,12H,5-6H2,1-4H3. The molecule has 1 aromatic heterocycles. The SMILES string of the molecule is Cc1csc(C(C)NCCS(=O)(=O)C(C)C)n1. The van der Waals surface area contributed by atoms with E-state index in [1.165, 1.54) is 0 Å². The summed E-state index contributed by atoms with van der Waals surface area (Å²) in [6, 6.07) is 0.107. The van der Waals surface area contributed by atoms with Crippen molar-refractivity contribution in [3.63, 3.8) is 0 Å². The van der Waals surface area contributed by atoms with Crippen LogP contribution in [0.15, 0.2) is 5.38 Å². The number of aryl methyl sites for hydroxylation is 1. The van der Waals surface area contributed by atoms with Gasteiger partial charge in [0.25, 0.3) is 0 Å². The van der Waals surface area contributed by atoms with Crippen LogP contribution in [0.1, 0.15) is 37.5 Å². The van der Waals surface area contributed by atoms with Crippen LogP contribution in [0.5, 0.6) is 0 Å². The molecule has 1 aromatic rings. The van der Waals surface area contributed by atoms with E-state index in [9.17, 15) is 8.42 Å². The molecule has 17 heavy (non-hydrogen) atoms. The molecule has 0 fully saturated rings.